The number of nitrogens with one attached hydrogen (secondary N) is 1. The van der Waals surface area contributed by atoms with E-state index < -0.39 is 0 Å². The number of amides is 1. The number of anilines is 2. The summed E-state index contributed by atoms with van der Waals surface area (Å²) in [5.74, 6) is 6.26. The fourth-order valence-corrected chi connectivity index (χ4v) is 1.33. The molecule has 6 heteroatoms. The molecule has 0 aromatic carbocycles. The molecule has 94 valence electrons. The zero-order valence-corrected chi connectivity index (χ0v) is 10.2. The van der Waals surface area contributed by atoms with Gasteiger partial charge in [0, 0.05) is 31.1 Å². The molecule has 0 spiro atoms. The van der Waals surface area contributed by atoms with E-state index in [-0.39, 0.29) is 11.7 Å². The Morgan fingerprint density at radius 3 is 2.74 bits per heavy atom. The van der Waals surface area contributed by atoms with E-state index in [9.17, 15) is 4.79 Å². The van der Waals surface area contributed by atoms with Gasteiger partial charge in [0.05, 0.1) is 0 Å². The monoisotopic (exact) mass is 253 g/mol. The molecule has 0 atom stereocenters. The fourth-order valence-electron chi connectivity index (χ4n) is 1.33. The molecule has 6 nitrogen and oxygen atoms in total. The lowest BCUT2D eigenvalue weighted by molar-refractivity contribution is -0.114. The van der Waals surface area contributed by atoms with Crippen molar-refractivity contribution in [3.63, 3.8) is 0 Å². The van der Waals surface area contributed by atoms with E-state index in [1.165, 1.54) is 19.3 Å². The zero-order valence-electron chi connectivity index (χ0n) is 10.2. The first-order valence-corrected chi connectivity index (χ1v) is 5.47. The van der Waals surface area contributed by atoms with Crippen molar-refractivity contribution in [2.75, 3.05) is 11.1 Å². The van der Waals surface area contributed by atoms with Crippen molar-refractivity contribution in [2.24, 2.45) is 0 Å². The molecule has 0 fully saturated rings. The second-order valence-corrected chi connectivity index (χ2v) is 3.65. The highest BCUT2D eigenvalue weighted by molar-refractivity contribution is 5.87. The number of hydrogen-bond donors (Lipinski definition) is 2. The highest BCUT2D eigenvalue weighted by Crippen LogP contribution is 2.06. The maximum absolute atomic E-state index is 10.9. The van der Waals surface area contributed by atoms with Gasteiger partial charge in [-0.15, -0.1) is 0 Å². The Balaban J connectivity index is 2.25. The average molecular weight is 253 g/mol. The smallest absolute Gasteiger partial charge is 0.222 e. The minimum absolute atomic E-state index is 0.184. The molecule has 0 aliphatic heterocycles. The lowest BCUT2D eigenvalue weighted by Gasteiger charge is -2.00. The van der Waals surface area contributed by atoms with Crippen LogP contribution in [0.1, 0.15) is 18.2 Å². The topological polar surface area (TPSA) is 93.8 Å². The molecule has 0 bridgehead atoms. The summed E-state index contributed by atoms with van der Waals surface area (Å²) >= 11 is 0. The van der Waals surface area contributed by atoms with Crippen molar-refractivity contribution in [1.82, 2.24) is 15.0 Å². The molecule has 0 saturated carbocycles. The van der Waals surface area contributed by atoms with Crippen molar-refractivity contribution in [3.8, 4) is 11.8 Å². The summed E-state index contributed by atoms with van der Waals surface area (Å²) < 4.78 is 0. The number of carbonyl (C=O) groups excluding carboxylic acids is 1. The minimum Gasteiger partial charge on any atom is -0.381 e. The maximum atomic E-state index is 10.9. The molecule has 2 aromatic rings. The second-order valence-electron chi connectivity index (χ2n) is 3.65. The van der Waals surface area contributed by atoms with Gasteiger partial charge in [0.25, 0.3) is 0 Å². The maximum Gasteiger partial charge on any atom is 0.222 e. The third-order valence-corrected chi connectivity index (χ3v) is 2.12. The van der Waals surface area contributed by atoms with Crippen molar-refractivity contribution in [3.05, 3.63) is 42.0 Å². The molecule has 19 heavy (non-hydrogen) atoms. The van der Waals surface area contributed by atoms with Gasteiger partial charge < -0.3 is 11.1 Å². The molecule has 2 rings (SSSR count). The van der Waals surface area contributed by atoms with Gasteiger partial charge in [0.15, 0.2) is 11.5 Å². The number of nitrogens with two attached hydrogens (primary N) is 1. The van der Waals surface area contributed by atoms with Gasteiger partial charge >= 0.3 is 0 Å². The van der Waals surface area contributed by atoms with Crippen LogP contribution in [0.3, 0.4) is 0 Å². The first-order chi connectivity index (χ1) is 9.15. The SMILES string of the molecule is CC(=O)Nc1cc(C#Cc2nccnc2N)ccn1. The first kappa shape index (κ1) is 12.5. The fraction of sp³-hybridized carbons (Fsp3) is 0.0769. The van der Waals surface area contributed by atoms with Crippen LogP contribution in [0.4, 0.5) is 11.6 Å². The standard InChI is InChI=1S/C13H11N5O/c1-9(19)18-12-8-10(4-5-16-12)2-3-11-13(14)17-7-6-15-11/h4-8H,1H3,(H2,14,17)(H,16,18,19). The Morgan fingerprint density at radius 1 is 1.21 bits per heavy atom. The third-order valence-electron chi connectivity index (χ3n) is 2.12. The number of hydrogen-bond acceptors (Lipinski definition) is 5. The normalized spacial score (nSPS) is 9.32. The average Bonchev–Trinajstić information content (AvgIpc) is 2.37. The summed E-state index contributed by atoms with van der Waals surface area (Å²) in [7, 11) is 0. The molecule has 0 radical (unpaired) electrons. The molecule has 0 aliphatic rings. The van der Waals surface area contributed by atoms with E-state index in [1.807, 2.05) is 0 Å². The van der Waals surface area contributed by atoms with Crippen LogP contribution in [-0.2, 0) is 4.79 Å². The summed E-state index contributed by atoms with van der Waals surface area (Å²) in [6.07, 6.45) is 4.59. The minimum atomic E-state index is -0.184. The van der Waals surface area contributed by atoms with Crippen molar-refractivity contribution in [2.45, 2.75) is 6.92 Å². The van der Waals surface area contributed by atoms with Crippen LogP contribution in [0, 0.1) is 11.8 Å². The van der Waals surface area contributed by atoms with E-state index in [0.717, 1.165) is 0 Å². The van der Waals surface area contributed by atoms with Gasteiger partial charge in [-0.2, -0.15) is 0 Å². The molecule has 0 unspecified atom stereocenters. The Labute approximate surface area is 110 Å². The number of nitrogens with zero attached hydrogens (tertiary/aromatic N) is 3. The Kier molecular flexibility index (Phi) is 3.69. The molecule has 0 saturated heterocycles. The summed E-state index contributed by atoms with van der Waals surface area (Å²) in [6.45, 7) is 1.42. The van der Waals surface area contributed by atoms with Crippen LogP contribution in [0.5, 0.6) is 0 Å². The van der Waals surface area contributed by atoms with Gasteiger partial charge in [0.2, 0.25) is 5.91 Å². The van der Waals surface area contributed by atoms with Crippen molar-refractivity contribution >= 4 is 17.5 Å². The molecular weight excluding hydrogens is 242 g/mol. The van der Waals surface area contributed by atoms with E-state index in [4.69, 9.17) is 5.73 Å². The number of carbonyl (C=O) groups is 1. The van der Waals surface area contributed by atoms with Crippen molar-refractivity contribution in [1.29, 1.82) is 0 Å². The van der Waals surface area contributed by atoms with E-state index in [2.05, 4.69) is 32.1 Å². The Hall–Kier alpha value is -2.94. The van der Waals surface area contributed by atoms with Crippen molar-refractivity contribution < 1.29 is 4.79 Å². The zero-order chi connectivity index (χ0) is 13.7. The second kappa shape index (κ2) is 5.60. The Morgan fingerprint density at radius 2 is 2.00 bits per heavy atom. The van der Waals surface area contributed by atoms with Gasteiger partial charge in [0.1, 0.15) is 5.82 Å². The molecule has 3 N–H and O–H groups in total. The van der Waals surface area contributed by atoms with E-state index in [1.54, 1.807) is 18.3 Å². The van der Waals surface area contributed by atoms with E-state index >= 15 is 0 Å². The largest absolute Gasteiger partial charge is 0.381 e. The lowest BCUT2D eigenvalue weighted by Crippen LogP contribution is -2.07. The summed E-state index contributed by atoms with van der Waals surface area (Å²) in [5, 5.41) is 2.58. The van der Waals surface area contributed by atoms with Gasteiger partial charge in [-0.25, -0.2) is 15.0 Å². The van der Waals surface area contributed by atoms with E-state index in [0.29, 0.717) is 17.1 Å². The molecule has 0 aliphatic carbocycles. The van der Waals surface area contributed by atoms with Crippen LogP contribution in [0.2, 0.25) is 0 Å². The van der Waals surface area contributed by atoms with Crippen LogP contribution < -0.4 is 11.1 Å². The van der Waals surface area contributed by atoms with Gasteiger partial charge in [-0.1, -0.05) is 5.92 Å². The highest BCUT2D eigenvalue weighted by atomic mass is 16.1. The quantitative estimate of drug-likeness (QED) is 0.733. The highest BCUT2D eigenvalue weighted by Gasteiger charge is 1.98. The molecule has 1 amide bonds. The molecular formula is C13H11N5O. The summed E-state index contributed by atoms with van der Waals surface area (Å²) in [6, 6.07) is 3.39. The number of aromatic nitrogens is 3. The predicted octanol–water partition coefficient (Wildman–Crippen LogP) is 0.812. The Bertz CT molecular complexity index is 672. The number of nitrogen functional groups attached to an aromatic ring is 1. The van der Waals surface area contributed by atoms with Crippen LogP contribution >= 0.6 is 0 Å². The van der Waals surface area contributed by atoms with Crippen LogP contribution in [-0.4, -0.2) is 20.9 Å². The molecule has 2 heterocycles. The summed E-state index contributed by atoms with van der Waals surface area (Å²) in [4.78, 5) is 22.8. The van der Waals surface area contributed by atoms with Gasteiger partial charge in [-0.3, -0.25) is 4.79 Å². The first-order valence-electron chi connectivity index (χ1n) is 5.47. The molecule has 2 aromatic heterocycles. The number of rotatable bonds is 1. The predicted molar refractivity (Wildman–Crippen MR) is 71.0 cm³/mol. The third kappa shape index (κ3) is 3.51. The lowest BCUT2D eigenvalue weighted by atomic mass is 10.2. The number of pyridine rings is 1. The van der Waals surface area contributed by atoms with Gasteiger partial charge in [-0.05, 0) is 18.1 Å². The van der Waals surface area contributed by atoms with Crippen LogP contribution in [0.15, 0.2) is 30.7 Å². The summed E-state index contributed by atoms with van der Waals surface area (Å²) in [5.41, 5.74) is 6.75. The van der Waals surface area contributed by atoms with Crippen LogP contribution in [0.25, 0.3) is 0 Å².